The molecule has 1 heterocycles. The zero-order valence-corrected chi connectivity index (χ0v) is 9.61. The highest BCUT2D eigenvalue weighted by molar-refractivity contribution is 4.87. The van der Waals surface area contributed by atoms with E-state index in [1.165, 1.54) is 12.8 Å². The van der Waals surface area contributed by atoms with Gasteiger partial charge in [0, 0.05) is 12.4 Å². The van der Waals surface area contributed by atoms with E-state index in [-0.39, 0.29) is 0 Å². The summed E-state index contributed by atoms with van der Waals surface area (Å²) in [5.74, 6) is 0.866. The van der Waals surface area contributed by atoms with Gasteiger partial charge < -0.3 is 10.2 Å². The van der Waals surface area contributed by atoms with Crippen LogP contribution in [0, 0.1) is 0 Å². The Kier molecular flexibility index (Phi) is 5.88. The van der Waals surface area contributed by atoms with Crippen LogP contribution < -0.4 is 5.32 Å². The number of hydrogen-bond donors (Lipinski definition) is 1. The van der Waals surface area contributed by atoms with E-state index in [0.29, 0.717) is 0 Å². The molecule has 0 saturated heterocycles. The number of unbranched alkanes of at least 4 members (excludes halogenated alkanes) is 1. The van der Waals surface area contributed by atoms with E-state index in [1.54, 1.807) is 12.4 Å². The molecule has 0 unspecified atom stereocenters. The third kappa shape index (κ3) is 6.14. The van der Waals surface area contributed by atoms with Gasteiger partial charge in [-0.05, 0) is 46.1 Å². The van der Waals surface area contributed by atoms with Crippen molar-refractivity contribution in [2.75, 3.05) is 27.2 Å². The summed E-state index contributed by atoms with van der Waals surface area (Å²) < 4.78 is 0. The minimum Gasteiger partial charge on any atom is -0.310 e. The highest BCUT2D eigenvalue weighted by Gasteiger charge is 1.94. The van der Waals surface area contributed by atoms with Gasteiger partial charge in [-0.15, -0.1) is 0 Å². The lowest BCUT2D eigenvalue weighted by Gasteiger charge is -2.08. The normalized spacial score (nSPS) is 10.9. The quantitative estimate of drug-likeness (QED) is 0.676. The van der Waals surface area contributed by atoms with Gasteiger partial charge in [-0.3, -0.25) is 0 Å². The van der Waals surface area contributed by atoms with Gasteiger partial charge in [-0.25, -0.2) is 9.97 Å². The van der Waals surface area contributed by atoms with Crippen molar-refractivity contribution in [3.05, 3.63) is 24.3 Å². The molecule has 0 aliphatic rings. The molecule has 4 heteroatoms. The summed E-state index contributed by atoms with van der Waals surface area (Å²) in [5, 5.41) is 3.33. The Balaban J connectivity index is 1.98. The van der Waals surface area contributed by atoms with Crippen LogP contribution in [0.3, 0.4) is 0 Å². The zero-order valence-electron chi connectivity index (χ0n) is 9.61. The maximum absolute atomic E-state index is 4.14. The summed E-state index contributed by atoms with van der Waals surface area (Å²) in [6.45, 7) is 2.96. The van der Waals surface area contributed by atoms with Crippen LogP contribution in [0.1, 0.15) is 18.7 Å². The number of rotatable bonds is 7. The minimum absolute atomic E-state index is 0.767. The van der Waals surface area contributed by atoms with E-state index >= 15 is 0 Å². The number of nitrogens with one attached hydrogen (secondary N) is 1. The molecule has 1 N–H and O–H groups in total. The Morgan fingerprint density at radius 3 is 2.60 bits per heavy atom. The SMILES string of the molecule is CN(C)CCCCNCc1ncccn1. The highest BCUT2D eigenvalue weighted by Crippen LogP contribution is 1.90. The van der Waals surface area contributed by atoms with Crippen LogP contribution in [-0.4, -0.2) is 42.1 Å². The van der Waals surface area contributed by atoms with Crippen LogP contribution in [0.5, 0.6) is 0 Å². The van der Waals surface area contributed by atoms with E-state index in [4.69, 9.17) is 0 Å². The van der Waals surface area contributed by atoms with Gasteiger partial charge >= 0.3 is 0 Å². The molecule has 84 valence electrons. The predicted molar refractivity (Wildman–Crippen MR) is 61.5 cm³/mol. The van der Waals surface area contributed by atoms with E-state index in [0.717, 1.165) is 25.5 Å². The summed E-state index contributed by atoms with van der Waals surface area (Å²) in [6.07, 6.45) is 5.98. The Morgan fingerprint density at radius 1 is 1.20 bits per heavy atom. The topological polar surface area (TPSA) is 41.0 Å². The fraction of sp³-hybridized carbons (Fsp3) is 0.636. The van der Waals surface area contributed by atoms with Crippen molar-refractivity contribution in [1.29, 1.82) is 0 Å². The number of hydrogen-bond acceptors (Lipinski definition) is 4. The molecule has 0 aliphatic heterocycles. The zero-order chi connectivity index (χ0) is 10.9. The van der Waals surface area contributed by atoms with E-state index in [1.807, 2.05) is 6.07 Å². The fourth-order valence-electron chi connectivity index (χ4n) is 1.30. The van der Waals surface area contributed by atoms with Crippen molar-refractivity contribution in [3.63, 3.8) is 0 Å². The third-order valence-corrected chi connectivity index (χ3v) is 2.11. The second kappa shape index (κ2) is 7.31. The minimum atomic E-state index is 0.767. The van der Waals surface area contributed by atoms with Crippen LogP contribution >= 0.6 is 0 Å². The fourth-order valence-corrected chi connectivity index (χ4v) is 1.30. The lowest BCUT2D eigenvalue weighted by atomic mass is 10.3. The molecule has 0 spiro atoms. The number of nitrogens with zero attached hydrogens (tertiary/aromatic N) is 3. The van der Waals surface area contributed by atoms with Crippen molar-refractivity contribution in [2.24, 2.45) is 0 Å². The first-order valence-electron chi connectivity index (χ1n) is 5.40. The van der Waals surface area contributed by atoms with Gasteiger partial charge in [0.1, 0.15) is 5.82 Å². The second-order valence-electron chi connectivity index (χ2n) is 3.85. The Bertz CT molecular complexity index is 248. The molecule has 15 heavy (non-hydrogen) atoms. The van der Waals surface area contributed by atoms with E-state index in [2.05, 4.69) is 34.3 Å². The van der Waals surface area contributed by atoms with Gasteiger partial charge in [0.15, 0.2) is 0 Å². The molecule has 1 aromatic heterocycles. The predicted octanol–water partition coefficient (Wildman–Crippen LogP) is 0.908. The number of aromatic nitrogens is 2. The average molecular weight is 208 g/mol. The lowest BCUT2D eigenvalue weighted by Crippen LogP contribution is -2.19. The first-order valence-corrected chi connectivity index (χ1v) is 5.40. The van der Waals surface area contributed by atoms with Gasteiger partial charge in [-0.2, -0.15) is 0 Å². The van der Waals surface area contributed by atoms with Crippen molar-refractivity contribution >= 4 is 0 Å². The Labute approximate surface area is 91.7 Å². The summed E-state index contributed by atoms with van der Waals surface area (Å²) in [6, 6.07) is 1.83. The molecule has 4 nitrogen and oxygen atoms in total. The largest absolute Gasteiger partial charge is 0.310 e. The molecule has 0 aliphatic carbocycles. The van der Waals surface area contributed by atoms with Gasteiger partial charge in [0.2, 0.25) is 0 Å². The third-order valence-electron chi connectivity index (χ3n) is 2.11. The molecule has 0 bridgehead atoms. The standard InChI is InChI=1S/C11H20N4/c1-15(2)9-4-3-6-12-10-11-13-7-5-8-14-11/h5,7-8,12H,3-4,6,9-10H2,1-2H3. The van der Waals surface area contributed by atoms with Crippen molar-refractivity contribution in [2.45, 2.75) is 19.4 Å². The molecule has 0 saturated carbocycles. The summed E-state index contributed by atoms with van der Waals surface area (Å²) in [5.41, 5.74) is 0. The highest BCUT2D eigenvalue weighted by atomic mass is 15.0. The Morgan fingerprint density at radius 2 is 1.93 bits per heavy atom. The molecule has 0 atom stereocenters. The summed E-state index contributed by atoms with van der Waals surface area (Å²) >= 11 is 0. The molecule has 0 radical (unpaired) electrons. The average Bonchev–Trinajstić information content (AvgIpc) is 2.24. The summed E-state index contributed by atoms with van der Waals surface area (Å²) in [7, 11) is 4.20. The maximum Gasteiger partial charge on any atom is 0.141 e. The molecule has 0 amide bonds. The van der Waals surface area contributed by atoms with Gasteiger partial charge in [0.25, 0.3) is 0 Å². The molecular formula is C11H20N4. The van der Waals surface area contributed by atoms with E-state index < -0.39 is 0 Å². The maximum atomic E-state index is 4.14. The van der Waals surface area contributed by atoms with Crippen LogP contribution in [0.4, 0.5) is 0 Å². The van der Waals surface area contributed by atoms with Crippen LogP contribution in [0.15, 0.2) is 18.5 Å². The molecular weight excluding hydrogens is 188 g/mol. The van der Waals surface area contributed by atoms with E-state index in [9.17, 15) is 0 Å². The monoisotopic (exact) mass is 208 g/mol. The second-order valence-corrected chi connectivity index (χ2v) is 3.85. The van der Waals surface area contributed by atoms with Crippen molar-refractivity contribution < 1.29 is 0 Å². The van der Waals surface area contributed by atoms with Crippen molar-refractivity contribution in [1.82, 2.24) is 20.2 Å². The first-order chi connectivity index (χ1) is 7.29. The molecule has 1 rings (SSSR count). The van der Waals surface area contributed by atoms with Crippen LogP contribution in [0.2, 0.25) is 0 Å². The van der Waals surface area contributed by atoms with Crippen molar-refractivity contribution in [3.8, 4) is 0 Å². The molecule has 0 fully saturated rings. The molecule has 0 aromatic carbocycles. The van der Waals surface area contributed by atoms with Crippen LogP contribution in [-0.2, 0) is 6.54 Å². The first kappa shape index (κ1) is 12.1. The lowest BCUT2D eigenvalue weighted by molar-refractivity contribution is 0.391. The van der Waals surface area contributed by atoms with Gasteiger partial charge in [-0.1, -0.05) is 0 Å². The Hall–Kier alpha value is -1.00. The summed E-state index contributed by atoms with van der Waals surface area (Å²) in [4.78, 5) is 10.5. The smallest absolute Gasteiger partial charge is 0.141 e. The van der Waals surface area contributed by atoms with Gasteiger partial charge in [0.05, 0.1) is 6.54 Å². The molecule has 1 aromatic rings. The van der Waals surface area contributed by atoms with Crippen LogP contribution in [0.25, 0.3) is 0 Å².